The monoisotopic (exact) mass is 236 g/mol. The number of nitrogens with two attached hydrogens (primary N) is 1. The van der Waals surface area contributed by atoms with Gasteiger partial charge in [-0.05, 0) is 6.92 Å². The highest BCUT2D eigenvalue weighted by atomic mass is 19.4. The van der Waals surface area contributed by atoms with Gasteiger partial charge < -0.3 is 15.6 Å². The molecule has 0 atom stereocenters. The minimum Gasteiger partial charge on any atom is -0.405 e. The maximum absolute atomic E-state index is 12.1. The Morgan fingerprint density at radius 3 is 2.56 bits per heavy atom. The second-order valence-corrected chi connectivity index (χ2v) is 3.11. The standard InChI is InChI=1S/C9H11F3N2O2/c1-5-3-14-7(2-13)6(4-15)8(5)16-9(10,11)12/h3,15H,2,4,13H2,1H3. The number of ether oxygens (including phenoxy) is 1. The molecule has 0 aromatic carbocycles. The summed E-state index contributed by atoms with van der Waals surface area (Å²) in [5.41, 5.74) is 5.65. The highest BCUT2D eigenvalue weighted by molar-refractivity contribution is 5.41. The summed E-state index contributed by atoms with van der Waals surface area (Å²) in [7, 11) is 0. The first-order chi connectivity index (χ1) is 7.39. The Morgan fingerprint density at radius 1 is 1.50 bits per heavy atom. The van der Waals surface area contributed by atoms with Gasteiger partial charge in [0, 0.05) is 23.9 Å². The van der Waals surface area contributed by atoms with Crippen molar-refractivity contribution in [3.8, 4) is 5.75 Å². The topological polar surface area (TPSA) is 68.4 Å². The van der Waals surface area contributed by atoms with Crippen LogP contribution in [0.2, 0.25) is 0 Å². The number of nitrogens with zero attached hydrogens (tertiary/aromatic N) is 1. The highest BCUT2D eigenvalue weighted by Gasteiger charge is 2.33. The van der Waals surface area contributed by atoms with E-state index in [0.717, 1.165) is 0 Å². The van der Waals surface area contributed by atoms with Crippen LogP contribution >= 0.6 is 0 Å². The number of alkyl halides is 3. The Labute approximate surface area is 89.9 Å². The fraction of sp³-hybridized carbons (Fsp3) is 0.444. The van der Waals surface area contributed by atoms with E-state index in [0.29, 0.717) is 0 Å². The molecule has 0 radical (unpaired) electrons. The van der Waals surface area contributed by atoms with Crippen molar-refractivity contribution in [2.75, 3.05) is 0 Å². The Bertz CT molecular complexity index is 380. The van der Waals surface area contributed by atoms with Gasteiger partial charge in [0.25, 0.3) is 0 Å². The van der Waals surface area contributed by atoms with Gasteiger partial charge in [-0.3, -0.25) is 4.98 Å². The van der Waals surface area contributed by atoms with E-state index in [4.69, 9.17) is 10.8 Å². The molecule has 0 aliphatic carbocycles. The first-order valence-corrected chi connectivity index (χ1v) is 4.43. The van der Waals surface area contributed by atoms with Crippen LogP contribution in [-0.4, -0.2) is 16.5 Å². The van der Waals surface area contributed by atoms with Crippen molar-refractivity contribution in [2.45, 2.75) is 26.4 Å². The van der Waals surface area contributed by atoms with Crippen molar-refractivity contribution in [2.24, 2.45) is 5.73 Å². The third kappa shape index (κ3) is 2.83. The molecule has 0 spiro atoms. The Hall–Kier alpha value is -1.34. The van der Waals surface area contributed by atoms with Gasteiger partial charge in [-0.1, -0.05) is 0 Å². The summed E-state index contributed by atoms with van der Waals surface area (Å²) in [5, 5.41) is 9.01. The number of aromatic nitrogens is 1. The van der Waals surface area contributed by atoms with Gasteiger partial charge in [0.15, 0.2) is 0 Å². The molecule has 0 bridgehead atoms. The van der Waals surface area contributed by atoms with Gasteiger partial charge >= 0.3 is 6.36 Å². The van der Waals surface area contributed by atoms with Crippen LogP contribution in [0.3, 0.4) is 0 Å². The summed E-state index contributed by atoms with van der Waals surface area (Å²) in [6, 6.07) is 0. The van der Waals surface area contributed by atoms with Crippen molar-refractivity contribution < 1.29 is 23.0 Å². The average Bonchev–Trinajstić information content (AvgIpc) is 2.19. The average molecular weight is 236 g/mol. The second kappa shape index (κ2) is 4.67. The molecule has 0 saturated carbocycles. The fourth-order valence-corrected chi connectivity index (χ4v) is 1.28. The number of aliphatic hydroxyl groups excluding tert-OH is 1. The Balaban J connectivity index is 3.23. The fourth-order valence-electron chi connectivity index (χ4n) is 1.28. The van der Waals surface area contributed by atoms with Gasteiger partial charge in [0.1, 0.15) is 5.75 Å². The molecule has 3 N–H and O–H groups in total. The number of aliphatic hydroxyl groups is 1. The molecule has 0 amide bonds. The SMILES string of the molecule is Cc1cnc(CN)c(CO)c1OC(F)(F)F. The van der Waals surface area contributed by atoms with E-state index in [2.05, 4.69) is 9.72 Å². The molecule has 0 aliphatic rings. The molecule has 7 heteroatoms. The maximum atomic E-state index is 12.1. The summed E-state index contributed by atoms with van der Waals surface area (Å²) in [4.78, 5) is 3.83. The van der Waals surface area contributed by atoms with E-state index in [1.165, 1.54) is 13.1 Å². The molecule has 0 fully saturated rings. The molecule has 16 heavy (non-hydrogen) atoms. The van der Waals surface area contributed by atoms with E-state index in [-0.39, 0.29) is 23.4 Å². The first-order valence-electron chi connectivity index (χ1n) is 4.43. The lowest BCUT2D eigenvalue weighted by Gasteiger charge is -2.16. The minimum absolute atomic E-state index is 0.0279. The summed E-state index contributed by atoms with van der Waals surface area (Å²) in [6.07, 6.45) is -3.58. The van der Waals surface area contributed by atoms with Crippen LogP contribution in [0.15, 0.2) is 6.20 Å². The first kappa shape index (κ1) is 12.7. The highest BCUT2D eigenvalue weighted by Crippen LogP contribution is 2.30. The third-order valence-electron chi connectivity index (χ3n) is 1.96. The zero-order valence-corrected chi connectivity index (χ0v) is 8.51. The molecule has 1 heterocycles. The number of aryl methyl sites for hydroxylation is 1. The maximum Gasteiger partial charge on any atom is 0.573 e. The zero-order valence-electron chi connectivity index (χ0n) is 8.51. The van der Waals surface area contributed by atoms with E-state index >= 15 is 0 Å². The molecule has 0 unspecified atom stereocenters. The zero-order chi connectivity index (χ0) is 12.3. The van der Waals surface area contributed by atoms with Crippen LogP contribution in [-0.2, 0) is 13.2 Å². The minimum atomic E-state index is -4.80. The number of rotatable bonds is 3. The van der Waals surface area contributed by atoms with Crippen LogP contribution in [0, 0.1) is 6.92 Å². The molecule has 1 aromatic heterocycles. The molecule has 4 nitrogen and oxygen atoms in total. The lowest BCUT2D eigenvalue weighted by Crippen LogP contribution is -2.20. The third-order valence-corrected chi connectivity index (χ3v) is 1.96. The number of hydrogen-bond donors (Lipinski definition) is 2. The number of hydrogen-bond acceptors (Lipinski definition) is 4. The molecule has 1 aromatic rings. The summed E-state index contributed by atoms with van der Waals surface area (Å²) >= 11 is 0. The summed E-state index contributed by atoms with van der Waals surface area (Å²) in [6.45, 7) is 0.741. The number of pyridine rings is 1. The van der Waals surface area contributed by atoms with E-state index < -0.39 is 18.7 Å². The Kier molecular flexibility index (Phi) is 3.71. The normalized spacial score (nSPS) is 11.6. The van der Waals surface area contributed by atoms with Crippen molar-refractivity contribution in [3.05, 3.63) is 23.0 Å². The van der Waals surface area contributed by atoms with Crippen LogP contribution in [0.4, 0.5) is 13.2 Å². The van der Waals surface area contributed by atoms with Crippen molar-refractivity contribution in [1.82, 2.24) is 4.98 Å². The lowest BCUT2D eigenvalue weighted by molar-refractivity contribution is -0.275. The molecule has 1 rings (SSSR count). The van der Waals surface area contributed by atoms with E-state index in [9.17, 15) is 13.2 Å². The van der Waals surface area contributed by atoms with Crippen molar-refractivity contribution in [1.29, 1.82) is 0 Å². The van der Waals surface area contributed by atoms with Crippen LogP contribution in [0.1, 0.15) is 16.8 Å². The molecule has 0 aliphatic heterocycles. The van der Waals surface area contributed by atoms with Gasteiger partial charge in [0.2, 0.25) is 0 Å². The molecule has 0 saturated heterocycles. The Morgan fingerprint density at radius 2 is 2.12 bits per heavy atom. The van der Waals surface area contributed by atoms with Gasteiger partial charge in [-0.25, -0.2) is 0 Å². The van der Waals surface area contributed by atoms with Crippen LogP contribution in [0.5, 0.6) is 5.75 Å². The van der Waals surface area contributed by atoms with Crippen LogP contribution in [0.25, 0.3) is 0 Å². The van der Waals surface area contributed by atoms with E-state index in [1.54, 1.807) is 0 Å². The van der Waals surface area contributed by atoms with Gasteiger partial charge in [-0.2, -0.15) is 0 Å². The molecule has 90 valence electrons. The van der Waals surface area contributed by atoms with E-state index in [1.807, 2.05) is 0 Å². The summed E-state index contributed by atoms with van der Waals surface area (Å²) in [5.74, 6) is -0.426. The predicted molar refractivity (Wildman–Crippen MR) is 49.5 cm³/mol. The molecular formula is C9H11F3N2O2. The largest absolute Gasteiger partial charge is 0.573 e. The quantitative estimate of drug-likeness (QED) is 0.828. The number of halogens is 3. The van der Waals surface area contributed by atoms with Gasteiger partial charge in [0.05, 0.1) is 12.3 Å². The van der Waals surface area contributed by atoms with Crippen LogP contribution < -0.4 is 10.5 Å². The summed E-state index contributed by atoms with van der Waals surface area (Å²) < 4.78 is 40.2. The van der Waals surface area contributed by atoms with Gasteiger partial charge in [-0.15, -0.1) is 13.2 Å². The molecular weight excluding hydrogens is 225 g/mol. The predicted octanol–water partition coefficient (Wildman–Crippen LogP) is 1.24. The second-order valence-electron chi connectivity index (χ2n) is 3.11. The van der Waals surface area contributed by atoms with Crippen molar-refractivity contribution in [3.63, 3.8) is 0 Å². The smallest absolute Gasteiger partial charge is 0.405 e. The van der Waals surface area contributed by atoms with Crippen molar-refractivity contribution >= 4 is 0 Å². The lowest BCUT2D eigenvalue weighted by atomic mass is 10.1.